The molecule has 0 amide bonds. The number of hydrogen-bond acceptors (Lipinski definition) is 2. The van der Waals surface area contributed by atoms with E-state index >= 15 is 0 Å². The van der Waals surface area contributed by atoms with E-state index in [0.29, 0.717) is 5.92 Å². The molecule has 3 heteroatoms. The van der Waals surface area contributed by atoms with Crippen molar-refractivity contribution in [1.29, 1.82) is 0 Å². The molecule has 0 aromatic heterocycles. The highest BCUT2D eigenvalue weighted by atomic mass is 16.4. The van der Waals surface area contributed by atoms with Gasteiger partial charge in [-0.25, -0.2) is 4.79 Å². The fraction of sp³-hybridized carbons (Fsp3) is 0.438. The van der Waals surface area contributed by atoms with Gasteiger partial charge in [0.15, 0.2) is 0 Å². The second kappa shape index (κ2) is 7.74. The van der Waals surface area contributed by atoms with Crippen LogP contribution in [0, 0.1) is 5.92 Å². The fourth-order valence-electron chi connectivity index (χ4n) is 1.85. The van der Waals surface area contributed by atoms with Crippen LogP contribution in [-0.2, 0) is 11.3 Å². The van der Waals surface area contributed by atoms with Crippen LogP contribution in [-0.4, -0.2) is 29.6 Å². The van der Waals surface area contributed by atoms with Gasteiger partial charge in [-0.15, -0.1) is 0 Å². The Balaban J connectivity index is 2.69. The lowest BCUT2D eigenvalue weighted by Crippen LogP contribution is -2.20. The van der Waals surface area contributed by atoms with E-state index in [2.05, 4.69) is 25.8 Å². The first-order chi connectivity index (χ1) is 8.99. The molecule has 3 nitrogen and oxygen atoms in total. The molecule has 0 unspecified atom stereocenters. The molecule has 0 aliphatic heterocycles. The molecule has 104 valence electrons. The molecule has 19 heavy (non-hydrogen) atoms. The van der Waals surface area contributed by atoms with Crippen LogP contribution in [0.5, 0.6) is 0 Å². The Morgan fingerprint density at radius 2 is 2.05 bits per heavy atom. The highest BCUT2D eigenvalue weighted by Crippen LogP contribution is 2.13. The lowest BCUT2D eigenvalue weighted by atomic mass is 10.1. The molecule has 1 N–H and O–H groups in total. The van der Waals surface area contributed by atoms with Gasteiger partial charge in [0, 0.05) is 12.6 Å². The van der Waals surface area contributed by atoms with Crippen LogP contribution in [0.25, 0.3) is 6.08 Å². The second-order valence-electron chi connectivity index (χ2n) is 5.29. The number of rotatable bonds is 7. The zero-order valence-corrected chi connectivity index (χ0v) is 12.0. The zero-order chi connectivity index (χ0) is 14.3. The van der Waals surface area contributed by atoms with Crippen molar-refractivity contribution in [2.24, 2.45) is 5.92 Å². The molecule has 1 aromatic rings. The maximum absolute atomic E-state index is 10.6. The Morgan fingerprint density at radius 3 is 2.68 bits per heavy atom. The van der Waals surface area contributed by atoms with Crippen LogP contribution in [0.3, 0.4) is 0 Å². The first kappa shape index (κ1) is 15.4. The summed E-state index contributed by atoms with van der Waals surface area (Å²) in [4.78, 5) is 12.9. The standard InChI is InChI=1S/C16H23NO2/c1-13(2)10-11-17(3)12-15-7-5-4-6-14(15)8-9-16(18)19/h4-9,13H,10-12H2,1-3H3,(H,18,19)/b9-8+. The topological polar surface area (TPSA) is 40.5 Å². The van der Waals surface area contributed by atoms with E-state index < -0.39 is 5.97 Å². The van der Waals surface area contributed by atoms with E-state index in [9.17, 15) is 4.79 Å². The molecule has 1 rings (SSSR count). The van der Waals surface area contributed by atoms with Crippen LogP contribution in [0.2, 0.25) is 0 Å². The number of aliphatic carboxylic acids is 1. The van der Waals surface area contributed by atoms with Gasteiger partial charge in [0.25, 0.3) is 0 Å². The molecule has 1 aromatic carbocycles. The third-order valence-corrected chi connectivity index (χ3v) is 2.99. The first-order valence-corrected chi connectivity index (χ1v) is 6.66. The van der Waals surface area contributed by atoms with Crippen molar-refractivity contribution in [1.82, 2.24) is 4.90 Å². The van der Waals surface area contributed by atoms with Gasteiger partial charge in [-0.2, -0.15) is 0 Å². The lowest BCUT2D eigenvalue weighted by Gasteiger charge is -2.19. The van der Waals surface area contributed by atoms with Gasteiger partial charge in [-0.05, 0) is 43.1 Å². The summed E-state index contributed by atoms with van der Waals surface area (Å²) in [7, 11) is 2.10. The fourth-order valence-corrected chi connectivity index (χ4v) is 1.85. The van der Waals surface area contributed by atoms with E-state index in [-0.39, 0.29) is 0 Å². The summed E-state index contributed by atoms with van der Waals surface area (Å²) in [5, 5.41) is 8.70. The summed E-state index contributed by atoms with van der Waals surface area (Å²) >= 11 is 0. The molecule has 0 spiro atoms. The Kier molecular flexibility index (Phi) is 6.30. The van der Waals surface area contributed by atoms with Crippen molar-refractivity contribution in [3.8, 4) is 0 Å². The normalized spacial score (nSPS) is 11.6. The van der Waals surface area contributed by atoms with E-state index in [1.54, 1.807) is 6.08 Å². The quantitative estimate of drug-likeness (QED) is 0.766. The van der Waals surface area contributed by atoms with Crippen LogP contribution in [0.1, 0.15) is 31.4 Å². The molecular formula is C16H23NO2. The predicted molar refractivity (Wildman–Crippen MR) is 78.9 cm³/mol. The number of carbonyl (C=O) groups is 1. The van der Waals surface area contributed by atoms with Crippen molar-refractivity contribution in [2.45, 2.75) is 26.8 Å². The SMILES string of the molecule is CC(C)CCN(C)Cc1ccccc1/C=C/C(=O)O. The summed E-state index contributed by atoms with van der Waals surface area (Å²) in [5.41, 5.74) is 2.13. The van der Waals surface area contributed by atoms with E-state index in [4.69, 9.17) is 5.11 Å². The van der Waals surface area contributed by atoms with Crippen molar-refractivity contribution in [2.75, 3.05) is 13.6 Å². The molecule has 0 saturated heterocycles. The van der Waals surface area contributed by atoms with Gasteiger partial charge in [0.05, 0.1) is 0 Å². The van der Waals surface area contributed by atoms with E-state index in [1.165, 1.54) is 12.5 Å². The highest BCUT2D eigenvalue weighted by Gasteiger charge is 2.05. The average molecular weight is 261 g/mol. The largest absolute Gasteiger partial charge is 0.478 e. The smallest absolute Gasteiger partial charge is 0.328 e. The minimum absolute atomic E-state index is 0.699. The minimum atomic E-state index is -0.914. The molecule has 0 bridgehead atoms. The Morgan fingerprint density at radius 1 is 1.37 bits per heavy atom. The molecule has 0 atom stereocenters. The van der Waals surface area contributed by atoms with E-state index in [0.717, 1.165) is 24.2 Å². The number of hydrogen-bond donors (Lipinski definition) is 1. The number of carboxylic acid groups (broad SMARTS) is 1. The molecule has 0 heterocycles. The summed E-state index contributed by atoms with van der Waals surface area (Å²) in [6, 6.07) is 7.92. The maximum atomic E-state index is 10.6. The van der Waals surface area contributed by atoms with Gasteiger partial charge in [0.2, 0.25) is 0 Å². The van der Waals surface area contributed by atoms with Gasteiger partial charge in [0.1, 0.15) is 0 Å². The van der Waals surface area contributed by atoms with Crippen molar-refractivity contribution in [3.05, 3.63) is 41.5 Å². The molecule has 0 aliphatic carbocycles. The minimum Gasteiger partial charge on any atom is -0.478 e. The highest BCUT2D eigenvalue weighted by molar-refractivity contribution is 5.85. The van der Waals surface area contributed by atoms with Gasteiger partial charge < -0.3 is 10.0 Å². The lowest BCUT2D eigenvalue weighted by molar-refractivity contribution is -0.131. The summed E-state index contributed by atoms with van der Waals surface area (Å²) < 4.78 is 0. The van der Waals surface area contributed by atoms with Crippen LogP contribution in [0.15, 0.2) is 30.3 Å². The Labute approximate surface area is 115 Å². The third kappa shape index (κ3) is 6.20. The summed E-state index contributed by atoms with van der Waals surface area (Å²) in [5.74, 6) is -0.215. The van der Waals surface area contributed by atoms with Crippen molar-refractivity contribution in [3.63, 3.8) is 0 Å². The van der Waals surface area contributed by atoms with Crippen LogP contribution >= 0.6 is 0 Å². The molecule has 0 fully saturated rings. The Hall–Kier alpha value is -1.61. The second-order valence-corrected chi connectivity index (χ2v) is 5.29. The van der Waals surface area contributed by atoms with Gasteiger partial charge >= 0.3 is 5.97 Å². The average Bonchev–Trinajstić information content (AvgIpc) is 2.35. The first-order valence-electron chi connectivity index (χ1n) is 6.66. The molecule has 0 aliphatic rings. The molecule has 0 radical (unpaired) electrons. The number of nitrogens with zero attached hydrogens (tertiary/aromatic N) is 1. The molecular weight excluding hydrogens is 238 g/mol. The maximum Gasteiger partial charge on any atom is 0.328 e. The monoisotopic (exact) mass is 261 g/mol. The summed E-state index contributed by atoms with van der Waals surface area (Å²) in [6.07, 6.45) is 4.02. The Bertz CT molecular complexity index is 438. The predicted octanol–water partition coefficient (Wildman–Crippen LogP) is 3.26. The van der Waals surface area contributed by atoms with Gasteiger partial charge in [-0.3, -0.25) is 0 Å². The third-order valence-electron chi connectivity index (χ3n) is 2.99. The van der Waals surface area contributed by atoms with Crippen LogP contribution < -0.4 is 0 Å². The van der Waals surface area contributed by atoms with Crippen molar-refractivity contribution >= 4 is 12.0 Å². The zero-order valence-electron chi connectivity index (χ0n) is 12.0. The number of benzene rings is 1. The number of carboxylic acids is 1. The molecule has 0 saturated carbocycles. The van der Waals surface area contributed by atoms with Crippen molar-refractivity contribution < 1.29 is 9.90 Å². The van der Waals surface area contributed by atoms with Crippen LogP contribution in [0.4, 0.5) is 0 Å². The van der Waals surface area contributed by atoms with E-state index in [1.807, 2.05) is 24.3 Å². The van der Waals surface area contributed by atoms with Gasteiger partial charge in [-0.1, -0.05) is 38.1 Å². The summed E-state index contributed by atoms with van der Waals surface area (Å²) in [6.45, 7) is 6.33.